The van der Waals surface area contributed by atoms with Crippen molar-refractivity contribution >= 4 is 0 Å². The van der Waals surface area contributed by atoms with Crippen molar-refractivity contribution in [2.45, 2.75) is 46.4 Å². The van der Waals surface area contributed by atoms with Crippen LogP contribution < -0.4 is 5.32 Å². The zero-order chi connectivity index (χ0) is 12.7. The van der Waals surface area contributed by atoms with Crippen LogP contribution in [-0.4, -0.2) is 12.1 Å². The van der Waals surface area contributed by atoms with Crippen LogP contribution in [0.15, 0.2) is 28.9 Å². The van der Waals surface area contributed by atoms with Crippen molar-refractivity contribution in [1.29, 1.82) is 0 Å². The molecule has 0 saturated heterocycles. The van der Waals surface area contributed by atoms with Gasteiger partial charge in [-0.1, -0.05) is 12.2 Å². The van der Waals surface area contributed by atoms with Crippen LogP contribution in [0.5, 0.6) is 0 Å². The number of rotatable bonds is 6. The molecule has 1 heterocycles. The second-order valence-electron chi connectivity index (χ2n) is 5.11. The van der Waals surface area contributed by atoms with Crippen molar-refractivity contribution < 1.29 is 9.15 Å². The van der Waals surface area contributed by atoms with E-state index in [1.54, 1.807) is 6.26 Å². The van der Waals surface area contributed by atoms with Crippen molar-refractivity contribution in [2.24, 2.45) is 0 Å². The lowest BCUT2D eigenvalue weighted by Crippen LogP contribution is -2.34. The fourth-order valence-corrected chi connectivity index (χ4v) is 1.29. The molecule has 17 heavy (non-hydrogen) atoms. The van der Waals surface area contributed by atoms with E-state index in [-0.39, 0.29) is 5.54 Å². The van der Waals surface area contributed by atoms with E-state index in [0.717, 1.165) is 17.9 Å². The fourth-order valence-electron chi connectivity index (χ4n) is 1.29. The predicted molar refractivity (Wildman–Crippen MR) is 69.8 cm³/mol. The van der Waals surface area contributed by atoms with Gasteiger partial charge in [0.2, 0.25) is 0 Å². The van der Waals surface area contributed by atoms with Gasteiger partial charge in [-0.15, -0.1) is 0 Å². The highest BCUT2D eigenvalue weighted by atomic mass is 16.5. The monoisotopic (exact) mass is 237 g/mol. The average molecular weight is 237 g/mol. The Bertz CT molecular complexity index is 347. The van der Waals surface area contributed by atoms with Crippen LogP contribution >= 0.6 is 0 Å². The first-order chi connectivity index (χ1) is 8.01. The summed E-state index contributed by atoms with van der Waals surface area (Å²) in [6.45, 7) is 10.4. The third-order valence-electron chi connectivity index (χ3n) is 2.23. The van der Waals surface area contributed by atoms with Gasteiger partial charge in [0, 0.05) is 17.6 Å². The maximum absolute atomic E-state index is 5.42. The van der Waals surface area contributed by atoms with Crippen LogP contribution in [0.3, 0.4) is 0 Å². The molecule has 3 nitrogen and oxygen atoms in total. The van der Waals surface area contributed by atoms with E-state index in [4.69, 9.17) is 9.15 Å². The molecule has 0 aromatic carbocycles. The molecular formula is C14H23NO2. The summed E-state index contributed by atoms with van der Waals surface area (Å²) >= 11 is 0. The van der Waals surface area contributed by atoms with Gasteiger partial charge in [-0.3, -0.25) is 0 Å². The van der Waals surface area contributed by atoms with Gasteiger partial charge in [-0.2, -0.15) is 0 Å². The lowest BCUT2D eigenvalue weighted by atomic mass is 10.1. The second kappa shape index (κ2) is 6.62. The molecule has 1 aromatic heterocycles. The van der Waals surface area contributed by atoms with Crippen LogP contribution in [0.4, 0.5) is 0 Å². The topological polar surface area (TPSA) is 34.4 Å². The van der Waals surface area contributed by atoms with Crippen LogP contribution in [0.1, 0.15) is 39.0 Å². The highest BCUT2D eigenvalue weighted by Crippen LogP contribution is 2.10. The van der Waals surface area contributed by atoms with Gasteiger partial charge in [0.1, 0.15) is 12.4 Å². The van der Waals surface area contributed by atoms with Crippen molar-refractivity contribution in [2.75, 3.05) is 6.61 Å². The molecule has 0 spiro atoms. The molecule has 1 N–H and O–H groups in total. The third-order valence-corrected chi connectivity index (χ3v) is 2.23. The lowest BCUT2D eigenvalue weighted by Gasteiger charge is -2.19. The van der Waals surface area contributed by atoms with E-state index in [9.17, 15) is 0 Å². The molecule has 0 fully saturated rings. The van der Waals surface area contributed by atoms with Crippen molar-refractivity contribution in [3.8, 4) is 0 Å². The molecule has 0 unspecified atom stereocenters. The summed E-state index contributed by atoms with van der Waals surface area (Å²) in [5.74, 6) is 0.875. The molecule has 0 aliphatic rings. The van der Waals surface area contributed by atoms with Gasteiger partial charge in [0.15, 0.2) is 0 Å². The summed E-state index contributed by atoms with van der Waals surface area (Å²) in [6, 6.07) is 2.04. The Labute approximate surface area is 104 Å². The number of ether oxygens (including phenoxy) is 1. The quantitative estimate of drug-likeness (QED) is 0.609. The Morgan fingerprint density at radius 2 is 2.18 bits per heavy atom. The molecule has 0 bridgehead atoms. The van der Waals surface area contributed by atoms with E-state index in [1.165, 1.54) is 0 Å². The van der Waals surface area contributed by atoms with E-state index >= 15 is 0 Å². The largest absolute Gasteiger partial charge is 0.467 e. The van der Waals surface area contributed by atoms with Gasteiger partial charge in [0.25, 0.3) is 0 Å². The number of allylic oxidation sites excluding steroid dienone is 1. The SMILES string of the molecule is CC=CCOCc1cc(CNC(C)(C)C)co1. The van der Waals surface area contributed by atoms with Crippen molar-refractivity contribution in [3.63, 3.8) is 0 Å². The minimum Gasteiger partial charge on any atom is -0.467 e. The summed E-state index contributed by atoms with van der Waals surface area (Å²) in [4.78, 5) is 0. The van der Waals surface area contributed by atoms with E-state index in [2.05, 4.69) is 26.1 Å². The summed E-state index contributed by atoms with van der Waals surface area (Å²) in [7, 11) is 0. The Hall–Kier alpha value is -1.06. The lowest BCUT2D eigenvalue weighted by molar-refractivity contribution is 0.131. The first-order valence-corrected chi connectivity index (χ1v) is 6.01. The third kappa shape index (κ3) is 6.29. The zero-order valence-electron chi connectivity index (χ0n) is 11.2. The Balaban J connectivity index is 2.32. The van der Waals surface area contributed by atoms with E-state index in [0.29, 0.717) is 13.2 Å². The smallest absolute Gasteiger partial charge is 0.129 e. The fraction of sp³-hybridized carbons (Fsp3) is 0.571. The minimum absolute atomic E-state index is 0.125. The van der Waals surface area contributed by atoms with E-state index in [1.807, 2.05) is 25.1 Å². The van der Waals surface area contributed by atoms with Crippen molar-refractivity contribution in [1.82, 2.24) is 5.32 Å². The first-order valence-electron chi connectivity index (χ1n) is 6.01. The second-order valence-corrected chi connectivity index (χ2v) is 5.11. The Morgan fingerprint density at radius 3 is 2.82 bits per heavy atom. The standard InChI is InChI=1S/C14H23NO2/c1-5-6-7-16-11-13-8-12(10-17-13)9-15-14(2,3)4/h5-6,8,10,15H,7,9,11H2,1-4H3. The number of furan rings is 1. The molecular weight excluding hydrogens is 214 g/mol. The van der Waals surface area contributed by atoms with Crippen LogP contribution in [0, 0.1) is 0 Å². The van der Waals surface area contributed by atoms with Crippen LogP contribution in [-0.2, 0) is 17.9 Å². The number of hydrogen-bond acceptors (Lipinski definition) is 3. The average Bonchev–Trinajstić information content (AvgIpc) is 2.69. The molecule has 0 aliphatic carbocycles. The van der Waals surface area contributed by atoms with Gasteiger partial charge in [-0.05, 0) is 33.8 Å². The maximum Gasteiger partial charge on any atom is 0.129 e. The minimum atomic E-state index is 0.125. The molecule has 0 amide bonds. The highest BCUT2D eigenvalue weighted by molar-refractivity contribution is 5.12. The molecule has 0 aliphatic heterocycles. The summed E-state index contributed by atoms with van der Waals surface area (Å²) in [5, 5.41) is 3.42. The highest BCUT2D eigenvalue weighted by Gasteiger charge is 2.09. The summed E-state index contributed by atoms with van der Waals surface area (Å²) < 4.78 is 10.8. The van der Waals surface area contributed by atoms with Gasteiger partial charge < -0.3 is 14.5 Å². The van der Waals surface area contributed by atoms with Crippen LogP contribution in [0.2, 0.25) is 0 Å². The zero-order valence-corrected chi connectivity index (χ0v) is 11.2. The molecule has 0 atom stereocenters. The Kier molecular flexibility index (Phi) is 5.45. The molecule has 0 radical (unpaired) electrons. The number of hydrogen-bond donors (Lipinski definition) is 1. The Morgan fingerprint density at radius 1 is 1.41 bits per heavy atom. The number of nitrogens with one attached hydrogen (secondary N) is 1. The molecule has 0 saturated carbocycles. The van der Waals surface area contributed by atoms with Gasteiger partial charge in [-0.25, -0.2) is 0 Å². The van der Waals surface area contributed by atoms with Crippen LogP contribution in [0.25, 0.3) is 0 Å². The van der Waals surface area contributed by atoms with Gasteiger partial charge in [0.05, 0.1) is 12.9 Å². The van der Waals surface area contributed by atoms with E-state index < -0.39 is 0 Å². The van der Waals surface area contributed by atoms with Crippen molar-refractivity contribution in [3.05, 3.63) is 35.8 Å². The predicted octanol–water partition coefficient (Wildman–Crippen LogP) is 3.26. The normalized spacial score (nSPS) is 12.5. The molecule has 1 aromatic rings. The summed E-state index contributed by atoms with van der Waals surface area (Å²) in [5.41, 5.74) is 1.28. The molecule has 3 heteroatoms. The first kappa shape index (κ1) is 14.0. The molecule has 1 rings (SSSR count). The molecule has 96 valence electrons. The maximum atomic E-state index is 5.42. The summed E-state index contributed by atoms with van der Waals surface area (Å²) in [6.07, 6.45) is 5.74. The van der Waals surface area contributed by atoms with Gasteiger partial charge >= 0.3 is 0 Å².